The molecule has 3 aliphatic rings. The SMILES string of the molecule is CC(C)N1CCC(NC(=NCC2CCS(=O)(=O)C2)NC2CC2)CC1. The van der Waals surface area contributed by atoms with Crippen molar-refractivity contribution in [3.05, 3.63) is 0 Å². The van der Waals surface area contributed by atoms with Gasteiger partial charge in [-0.15, -0.1) is 0 Å². The fourth-order valence-corrected chi connectivity index (χ4v) is 5.39. The third-order valence-electron chi connectivity index (χ3n) is 5.35. The highest BCUT2D eigenvalue weighted by Crippen LogP contribution is 2.20. The molecule has 7 heteroatoms. The molecule has 0 amide bonds. The molecule has 1 aliphatic carbocycles. The highest BCUT2D eigenvalue weighted by atomic mass is 32.2. The largest absolute Gasteiger partial charge is 0.354 e. The number of sulfone groups is 1. The van der Waals surface area contributed by atoms with E-state index in [2.05, 4.69) is 29.4 Å². The van der Waals surface area contributed by atoms with Crippen LogP contribution in [0.5, 0.6) is 0 Å². The highest BCUT2D eigenvalue weighted by molar-refractivity contribution is 7.91. The van der Waals surface area contributed by atoms with E-state index in [1.165, 1.54) is 12.8 Å². The summed E-state index contributed by atoms with van der Waals surface area (Å²) in [5.74, 6) is 1.72. The Bertz CT molecular complexity index is 549. The minimum atomic E-state index is -2.81. The Balaban J connectivity index is 1.51. The van der Waals surface area contributed by atoms with Gasteiger partial charge in [0.15, 0.2) is 15.8 Å². The molecule has 0 aromatic heterocycles. The van der Waals surface area contributed by atoms with Gasteiger partial charge in [-0.2, -0.15) is 0 Å². The van der Waals surface area contributed by atoms with Gasteiger partial charge in [-0.1, -0.05) is 0 Å². The Hall–Kier alpha value is -0.820. The van der Waals surface area contributed by atoms with Crippen LogP contribution in [0.2, 0.25) is 0 Å². The number of hydrogen-bond acceptors (Lipinski definition) is 4. The van der Waals surface area contributed by atoms with Gasteiger partial charge in [0.2, 0.25) is 0 Å². The molecule has 3 fully saturated rings. The maximum Gasteiger partial charge on any atom is 0.191 e. The summed E-state index contributed by atoms with van der Waals surface area (Å²) in [6.07, 6.45) is 5.46. The van der Waals surface area contributed by atoms with Crippen LogP contribution in [0.1, 0.15) is 46.0 Å². The number of likely N-dealkylation sites (tertiary alicyclic amines) is 1. The summed E-state index contributed by atoms with van der Waals surface area (Å²) in [6.45, 7) is 7.39. The topological polar surface area (TPSA) is 73.8 Å². The zero-order valence-corrected chi connectivity index (χ0v) is 15.8. The van der Waals surface area contributed by atoms with E-state index in [9.17, 15) is 8.42 Å². The molecule has 1 unspecified atom stereocenters. The molecule has 2 N–H and O–H groups in total. The second kappa shape index (κ2) is 7.60. The smallest absolute Gasteiger partial charge is 0.191 e. The van der Waals surface area contributed by atoms with Crippen LogP contribution in [0.15, 0.2) is 4.99 Å². The minimum absolute atomic E-state index is 0.190. The molecule has 138 valence electrons. The van der Waals surface area contributed by atoms with Crippen molar-refractivity contribution < 1.29 is 8.42 Å². The standard InChI is InChI=1S/C17H32N4O2S/c1-13(2)21-8-5-16(6-9-21)20-17(19-15-3-4-15)18-11-14-7-10-24(22,23)12-14/h13-16H,3-12H2,1-2H3,(H2,18,19,20). The average molecular weight is 357 g/mol. The van der Waals surface area contributed by atoms with E-state index in [-0.39, 0.29) is 5.92 Å². The normalized spacial score (nSPS) is 29.1. The zero-order valence-electron chi connectivity index (χ0n) is 15.0. The number of nitrogens with one attached hydrogen (secondary N) is 2. The molecule has 0 aromatic rings. The van der Waals surface area contributed by atoms with Crippen molar-refractivity contribution in [3.63, 3.8) is 0 Å². The Kier molecular flexibility index (Phi) is 5.70. The van der Waals surface area contributed by atoms with Crippen LogP contribution in [0.3, 0.4) is 0 Å². The zero-order chi connectivity index (χ0) is 17.2. The second-order valence-electron chi connectivity index (χ2n) is 7.93. The summed E-state index contributed by atoms with van der Waals surface area (Å²) >= 11 is 0. The molecular weight excluding hydrogens is 324 g/mol. The van der Waals surface area contributed by atoms with Gasteiger partial charge in [0.1, 0.15) is 0 Å². The molecule has 0 radical (unpaired) electrons. The Labute approximate surface area is 146 Å². The predicted molar refractivity (Wildman–Crippen MR) is 98.1 cm³/mol. The fraction of sp³-hybridized carbons (Fsp3) is 0.941. The molecule has 1 saturated carbocycles. The Morgan fingerprint density at radius 2 is 1.71 bits per heavy atom. The van der Waals surface area contributed by atoms with Crippen LogP contribution in [0, 0.1) is 5.92 Å². The van der Waals surface area contributed by atoms with Crippen molar-refractivity contribution >= 4 is 15.8 Å². The first-order chi connectivity index (χ1) is 11.4. The molecule has 2 saturated heterocycles. The molecule has 0 spiro atoms. The van der Waals surface area contributed by atoms with Crippen molar-refractivity contribution in [1.29, 1.82) is 0 Å². The summed E-state index contributed by atoms with van der Waals surface area (Å²) in [7, 11) is -2.81. The summed E-state index contributed by atoms with van der Waals surface area (Å²) in [5, 5.41) is 7.09. The molecule has 1 atom stereocenters. The number of piperidine rings is 1. The average Bonchev–Trinajstić information content (AvgIpc) is 3.27. The van der Waals surface area contributed by atoms with E-state index in [1.807, 2.05) is 0 Å². The Morgan fingerprint density at radius 1 is 1.08 bits per heavy atom. The predicted octanol–water partition coefficient (Wildman–Crippen LogP) is 0.992. The van der Waals surface area contributed by atoms with E-state index in [1.54, 1.807) is 0 Å². The molecule has 2 heterocycles. The summed E-state index contributed by atoms with van der Waals surface area (Å²) in [5.41, 5.74) is 0. The van der Waals surface area contributed by atoms with E-state index < -0.39 is 9.84 Å². The van der Waals surface area contributed by atoms with Gasteiger partial charge in [-0.05, 0) is 51.9 Å². The quantitative estimate of drug-likeness (QED) is 0.568. The van der Waals surface area contributed by atoms with Crippen LogP contribution in [0.4, 0.5) is 0 Å². The number of nitrogens with zero attached hydrogens (tertiary/aromatic N) is 2. The number of guanidine groups is 1. The molecule has 6 nitrogen and oxygen atoms in total. The van der Waals surface area contributed by atoms with Crippen LogP contribution in [-0.4, -0.2) is 68.5 Å². The molecular formula is C17H32N4O2S. The van der Waals surface area contributed by atoms with Crippen molar-refractivity contribution in [3.8, 4) is 0 Å². The summed E-state index contributed by atoms with van der Waals surface area (Å²) < 4.78 is 23.2. The second-order valence-corrected chi connectivity index (χ2v) is 10.2. The fourth-order valence-electron chi connectivity index (χ4n) is 3.54. The van der Waals surface area contributed by atoms with Crippen molar-refractivity contribution in [2.24, 2.45) is 10.9 Å². The Morgan fingerprint density at radius 3 is 2.21 bits per heavy atom. The van der Waals surface area contributed by atoms with Gasteiger partial charge in [0, 0.05) is 37.8 Å². The van der Waals surface area contributed by atoms with Gasteiger partial charge in [-0.25, -0.2) is 8.42 Å². The van der Waals surface area contributed by atoms with E-state index >= 15 is 0 Å². The molecule has 24 heavy (non-hydrogen) atoms. The molecule has 0 bridgehead atoms. The first-order valence-corrected chi connectivity index (χ1v) is 11.3. The van der Waals surface area contributed by atoms with Crippen molar-refractivity contribution in [1.82, 2.24) is 15.5 Å². The van der Waals surface area contributed by atoms with Gasteiger partial charge in [-0.3, -0.25) is 4.99 Å². The van der Waals surface area contributed by atoms with Crippen LogP contribution < -0.4 is 10.6 Å². The number of rotatable bonds is 5. The lowest BCUT2D eigenvalue weighted by molar-refractivity contribution is 0.167. The third kappa shape index (κ3) is 5.34. The van der Waals surface area contributed by atoms with Crippen LogP contribution in [-0.2, 0) is 9.84 Å². The lowest BCUT2D eigenvalue weighted by Gasteiger charge is -2.35. The minimum Gasteiger partial charge on any atom is -0.354 e. The highest BCUT2D eigenvalue weighted by Gasteiger charge is 2.29. The summed E-state index contributed by atoms with van der Waals surface area (Å²) in [4.78, 5) is 7.24. The molecule has 3 rings (SSSR count). The maximum absolute atomic E-state index is 11.6. The van der Waals surface area contributed by atoms with Crippen LogP contribution >= 0.6 is 0 Å². The van der Waals surface area contributed by atoms with Gasteiger partial charge in [0.05, 0.1) is 11.5 Å². The lowest BCUT2D eigenvalue weighted by Crippen LogP contribution is -2.50. The first-order valence-electron chi connectivity index (χ1n) is 9.43. The van der Waals surface area contributed by atoms with Crippen molar-refractivity contribution in [2.75, 3.05) is 31.1 Å². The van der Waals surface area contributed by atoms with E-state index in [0.717, 1.165) is 38.3 Å². The molecule has 2 aliphatic heterocycles. The van der Waals surface area contributed by atoms with E-state index in [4.69, 9.17) is 4.99 Å². The number of hydrogen-bond donors (Lipinski definition) is 2. The van der Waals surface area contributed by atoms with Gasteiger partial charge in [0.25, 0.3) is 0 Å². The monoisotopic (exact) mass is 356 g/mol. The maximum atomic E-state index is 11.6. The third-order valence-corrected chi connectivity index (χ3v) is 7.19. The van der Waals surface area contributed by atoms with E-state index in [0.29, 0.717) is 36.2 Å². The summed E-state index contributed by atoms with van der Waals surface area (Å²) in [6, 6.07) is 1.64. The molecule has 0 aromatic carbocycles. The first kappa shape index (κ1) is 18.0. The van der Waals surface area contributed by atoms with Gasteiger partial charge >= 0.3 is 0 Å². The number of aliphatic imine (C=N–C) groups is 1. The van der Waals surface area contributed by atoms with Crippen LogP contribution in [0.25, 0.3) is 0 Å². The lowest BCUT2D eigenvalue weighted by atomic mass is 10.0. The van der Waals surface area contributed by atoms with Gasteiger partial charge < -0.3 is 15.5 Å². The van der Waals surface area contributed by atoms with Crippen molar-refractivity contribution in [2.45, 2.75) is 64.1 Å².